The Morgan fingerprint density at radius 2 is 1.55 bits per heavy atom. The number of amides is 1. The van der Waals surface area contributed by atoms with Gasteiger partial charge in [0.1, 0.15) is 28.9 Å². The van der Waals surface area contributed by atoms with Gasteiger partial charge in [0, 0.05) is 6.42 Å². The molecule has 1 amide bonds. The molecule has 3 rings (SSSR count). The van der Waals surface area contributed by atoms with Crippen molar-refractivity contribution in [2.45, 2.75) is 18.9 Å². The third-order valence-corrected chi connectivity index (χ3v) is 5.30. The molecule has 0 radical (unpaired) electrons. The summed E-state index contributed by atoms with van der Waals surface area (Å²) in [6.45, 7) is 0. The molecule has 0 fully saturated rings. The van der Waals surface area contributed by atoms with E-state index in [2.05, 4.69) is 5.32 Å². The standard InChI is InChI=1S/C26H27NO6/c1-31-22-10-7-11-23(32-2)24(22)25(29)27-21(26(30)33-3)16-18-12-13-20(28)15-19(18)14-17-8-5-4-6-9-17/h4-13,15,21,28H,14,16H2,1-3H3,(H,27,29)/t21-/m0/s1. The maximum absolute atomic E-state index is 13.1. The molecular weight excluding hydrogens is 422 g/mol. The lowest BCUT2D eigenvalue weighted by Gasteiger charge is -2.20. The van der Waals surface area contributed by atoms with Crippen molar-refractivity contribution in [2.75, 3.05) is 21.3 Å². The van der Waals surface area contributed by atoms with Gasteiger partial charge in [0.15, 0.2) is 0 Å². The molecular formula is C26H27NO6. The number of benzene rings is 3. The van der Waals surface area contributed by atoms with Crippen LogP contribution in [0.15, 0.2) is 66.7 Å². The van der Waals surface area contributed by atoms with Crippen LogP contribution >= 0.6 is 0 Å². The molecule has 7 nitrogen and oxygen atoms in total. The highest BCUT2D eigenvalue weighted by atomic mass is 16.5. The van der Waals surface area contributed by atoms with E-state index in [1.165, 1.54) is 21.3 Å². The van der Waals surface area contributed by atoms with E-state index in [4.69, 9.17) is 14.2 Å². The summed E-state index contributed by atoms with van der Waals surface area (Å²) in [4.78, 5) is 25.7. The highest BCUT2D eigenvalue weighted by Crippen LogP contribution is 2.28. The lowest BCUT2D eigenvalue weighted by molar-refractivity contribution is -0.142. The van der Waals surface area contributed by atoms with Crippen molar-refractivity contribution in [3.63, 3.8) is 0 Å². The molecule has 0 saturated carbocycles. The van der Waals surface area contributed by atoms with Gasteiger partial charge in [0.05, 0.1) is 21.3 Å². The van der Waals surface area contributed by atoms with Crippen LogP contribution in [0.1, 0.15) is 27.0 Å². The van der Waals surface area contributed by atoms with Crippen LogP contribution in [-0.4, -0.2) is 44.4 Å². The van der Waals surface area contributed by atoms with Gasteiger partial charge in [-0.15, -0.1) is 0 Å². The molecule has 0 aliphatic heterocycles. The van der Waals surface area contributed by atoms with E-state index in [1.807, 2.05) is 30.3 Å². The molecule has 0 bridgehead atoms. The van der Waals surface area contributed by atoms with Crippen molar-refractivity contribution in [1.82, 2.24) is 5.32 Å². The first-order chi connectivity index (χ1) is 16.0. The van der Waals surface area contributed by atoms with Gasteiger partial charge in [-0.1, -0.05) is 42.5 Å². The summed E-state index contributed by atoms with van der Waals surface area (Å²) in [6, 6.07) is 18.8. The fourth-order valence-corrected chi connectivity index (χ4v) is 3.65. The van der Waals surface area contributed by atoms with E-state index in [1.54, 1.807) is 36.4 Å². The maximum Gasteiger partial charge on any atom is 0.328 e. The first-order valence-corrected chi connectivity index (χ1v) is 10.4. The molecule has 0 unspecified atom stereocenters. The number of ether oxygens (including phenoxy) is 3. The number of esters is 1. The molecule has 3 aromatic rings. The predicted octanol–water partition coefficient (Wildman–Crippen LogP) is 3.51. The van der Waals surface area contributed by atoms with Crippen LogP contribution < -0.4 is 14.8 Å². The molecule has 7 heteroatoms. The molecule has 0 heterocycles. The van der Waals surface area contributed by atoms with Gasteiger partial charge in [-0.2, -0.15) is 0 Å². The number of methoxy groups -OCH3 is 3. The summed E-state index contributed by atoms with van der Waals surface area (Å²) >= 11 is 0. The Morgan fingerprint density at radius 1 is 0.879 bits per heavy atom. The van der Waals surface area contributed by atoms with Gasteiger partial charge in [-0.05, 0) is 47.4 Å². The number of carbonyl (C=O) groups excluding carboxylic acids is 2. The fraction of sp³-hybridized carbons (Fsp3) is 0.231. The van der Waals surface area contributed by atoms with Crippen LogP contribution in [0.25, 0.3) is 0 Å². The fourth-order valence-electron chi connectivity index (χ4n) is 3.65. The number of nitrogens with one attached hydrogen (secondary N) is 1. The van der Waals surface area contributed by atoms with Gasteiger partial charge >= 0.3 is 5.97 Å². The van der Waals surface area contributed by atoms with E-state index in [9.17, 15) is 14.7 Å². The minimum atomic E-state index is -0.962. The van der Waals surface area contributed by atoms with Crippen LogP contribution in [0.4, 0.5) is 0 Å². The normalized spacial score (nSPS) is 11.4. The van der Waals surface area contributed by atoms with Crippen molar-refractivity contribution in [3.05, 3.63) is 89.0 Å². The SMILES string of the molecule is COC(=O)[C@H](Cc1ccc(O)cc1Cc1ccccc1)NC(=O)c1c(OC)cccc1OC. The topological polar surface area (TPSA) is 94.1 Å². The third-order valence-electron chi connectivity index (χ3n) is 5.30. The number of aromatic hydroxyl groups is 1. The monoisotopic (exact) mass is 449 g/mol. The number of carbonyl (C=O) groups is 2. The van der Waals surface area contributed by atoms with Crippen molar-refractivity contribution < 1.29 is 28.9 Å². The average molecular weight is 450 g/mol. The summed E-state index contributed by atoms with van der Waals surface area (Å²) in [5.74, 6) is -0.337. The van der Waals surface area contributed by atoms with Gasteiger partial charge in [0.25, 0.3) is 5.91 Å². The number of phenolic OH excluding ortho intramolecular Hbond substituents is 1. The Bertz CT molecular complexity index is 1090. The number of phenols is 1. The summed E-state index contributed by atoms with van der Waals surface area (Å²) in [5, 5.41) is 12.8. The highest BCUT2D eigenvalue weighted by molar-refractivity contribution is 6.01. The molecule has 0 saturated heterocycles. The van der Waals surface area contributed by atoms with E-state index >= 15 is 0 Å². The summed E-state index contributed by atoms with van der Waals surface area (Å²) < 4.78 is 15.6. The second kappa shape index (κ2) is 11.0. The lowest BCUT2D eigenvalue weighted by atomic mass is 9.95. The van der Waals surface area contributed by atoms with Crippen LogP contribution in [-0.2, 0) is 22.4 Å². The summed E-state index contributed by atoms with van der Waals surface area (Å²) in [5.41, 5.74) is 2.90. The largest absolute Gasteiger partial charge is 0.508 e. The zero-order valence-corrected chi connectivity index (χ0v) is 18.8. The van der Waals surface area contributed by atoms with Crippen LogP contribution in [0.3, 0.4) is 0 Å². The molecule has 33 heavy (non-hydrogen) atoms. The van der Waals surface area contributed by atoms with Crippen molar-refractivity contribution >= 4 is 11.9 Å². The van der Waals surface area contributed by atoms with E-state index in [-0.39, 0.29) is 17.7 Å². The minimum absolute atomic E-state index is 0.127. The van der Waals surface area contributed by atoms with Gasteiger partial charge in [0.2, 0.25) is 0 Å². The molecule has 0 aromatic heterocycles. The highest BCUT2D eigenvalue weighted by Gasteiger charge is 2.27. The quantitative estimate of drug-likeness (QED) is 0.486. The van der Waals surface area contributed by atoms with E-state index in [0.29, 0.717) is 17.9 Å². The van der Waals surface area contributed by atoms with E-state index in [0.717, 1.165) is 16.7 Å². The molecule has 172 valence electrons. The molecule has 1 atom stereocenters. The van der Waals surface area contributed by atoms with Gasteiger partial charge in [-0.25, -0.2) is 4.79 Å². The van der Waals surface area contributed by atoms with Gasteiger partial charge < -0.3 is 24.6 Å². The van der Waals surface area contributed by atoms with Crippen molar-refractivity contribution in [1.29, 1.82) is 0 Å². The van der Waals surface area contributed by atoms with Crippen LogP contribution in [0.5, 0.6) is 17.2 Å². The minimum Gasteiger partial charge on any atom is -0.508 e. The van der Waals surface area contributed by atoms with Crippen LogP contribution in [0, 0.1) is 0 Å². The van der Waals surface area contributed by atoms with Crippen molar-refractivity contribution in [3.8, 4) is 17.2 Å². The molecule has 3 aromatic carbocycles. The molecule has 2 N–H and O–H groups in total. The number of hydrogen-bond acceptors (Lipinski definition) is 6. The maximum atomic E-state index is 13.1. The number of hydrogen-bond donors (Lipinski definition) is 2. The Labute approximate surface area is 192 Å². The Balaban J connectivity index is 1.90. The molecule has 0 spiro atoms. The zero-order valence-electron chi connectivity index (χ0n) is 18.8. The Kier molecular flexibility index (Phi) is 7.91. The molecule has 0 aliphatic rings. The smallest absolute Gasteiger partial charge is 0.328 e. The lowest BCUT2D eigenvalue weighted by Crippen LogP contribution is -2.43. The van der Waals surface area contributed by atoms with Gasteiger partial charge in [-0.3, -0.25) is 4.79 Å². The summed E-state index contributed by atoms with van der Waals surface area (Å²) in [6.07, 6.45) is 0.741. The van der Waals surface area contributed by atoms with Crippen molar-refractivity contribution in [2.24, 2.45) is 0 Å². The number of rotatable bonds is 9. The van der Waals surface area contributed by atoms with Crippen LogP contribution in [0.2, 0.25) is 0 Å². The zero-order chi connectivity index (χ0) is 23.8. The second-order valence-corrected chi connectivity index (χ2v) is 7.41. The summed E-state index contributed by atoms with van der Waals surface area (Å²) in [7, 11) is 4.18. The molecule has 0 aliphatic carbocycles. The Hall–Kier alpha value is -4.00. The third kappa shape index (κ3) is 5.83. The first-order valence-electron chi connectivity index (χ1n) is 10.4. The predicted molar refractivity (Wildman–Crippen MR) is 124 cm³/mol. The first kappa shape index (κ1) is 23.7. The van der Waals surface area contributed by atoms with E-state index < -0.39 is 17.9 Å². The second-order valence-electron chi connectivity index (χ2n) is 7.41. The Morgan fingerprint density at radius 3 is 2.15 bits per heavy atom. The average Bonchev–Trinajstić information content (AvgIpc) is 2.84.